The molecule has 2 aliphatic rings. The molecule has 0 radical (unpaired) electrons. The van der Waals surface area contributed by atoms with Crippen LogP contribution in [0.25, 0.3) is 10.9 Å². The summed E-state index contributed by atoms with van der Waals surface area (Å²) in [5.74, 6) is -0.0290. The van der Waals surface area contributed by atoms with Gasteiger partial charge in [-0.25, -0.2) is 0 Å². The molecule has 10 nitrogen and oxygen atoms in total. The lowest BCUT2D eigenvalue weighted by molar-refractivity contribution is -0.231. The number of aromatic nitrogens is 1. The molecule has 2 aliphatic heterocycles. The number of ether oxygens (including phenoxy) is 5. The van der Waals surface area contributed by atoms with Crippen molar-refractivity contribution in [2.45, 2.75) is 63.7 Å². The molecule has 5 unspecified atom stereocenters. The van der Waals surface area contributed by atoms with Gasteiger partial charge in [-0.05, 0) is 59.5 Å². The molecule has 3 heterocycles. The minimum Gasteiger partial charge on any atom is -0.495 e. The van der Waals surface area contributed by atoms with Crippen molar-refractivity contribution in [3.05, 3.63) is 40.2 Å². The number of aryl methyl sites for hydroxylation is 1. The Morgan fingerprint density at radius 1 is 1.25 bits per heavy atom. The lowest BCUT2D eigenvalue weighted by Crippen LogP contribution is -2.44. The Morgan fingerprint density at radius 2 is 1.97 bits per heavy atom. The molecule has 0 spiro atoms. The van der Waals surface area contributed by atoms with E-state index < -0.39 is 30.4 Å². The van der Waals surface area contributed by atoms with Gasteiger partial charge in [-0.1, -0.05) is 12.1 Å². The van der Waals surface area contributed by atoms with Gasteiger partial charge in [-0.15, -0.1) is 12.4 Å². The quantitative estimate of drug-likeness (QED) is 0.438. The van der Waals surface area contributed by atoms with Crippen LogP contribution in [0.3, 0.4) is 0 Å². The van der Waals surface area contributed by atoms with Crippen LogP contribution in [0, 0.1) is 6.92 Å². The normalized spacial score (nSPS) is 25.1. The van der Waals surface area contributed by atoms with Gasteiger partial charge in [0.2, 0.25) is 5.56 Å². The molecule has 2 aromatic rings. The van der Waals surface area contributed by atoms with Crippen molar-refractivity contribution in [2.24, 2.45) is 0 Å². The number of nitrogens with zero attached hydrogens (tertiary/aromatic N) is 1. The third-order valence-corrected chi connectivity index (χ3v) is 5.92. The summed E-state index contributed by atoms with van der Waals surface area (Å²) in [6.45, 7) is 6.61. The summed E-state index contributed by atoms with van der Waals surface area (Å²) in [5.41, 5.74) is 1.63. The zero-order valence-corrected chi connectivity index (χ0v) is 22.5. The second-order valence-corrected chi connectivity index (χ2v) is 9.51. The number of rotatable bonds is 8. The number of hydrogen-bond acceptors (Lipinski definition) is 9. The minimum atomic E-state index is -1.01. The summed E-state index contributed by atoms with van der Waals surface area (Å²) < 4.78 is 28.2. The van der Waals surface area contributed by atoms with Crippen LogP contribution in [0.15, 0.2) is 29.1 Å². The first-order chi connectivity index (χ1) is 16.6. The second kappa shape index (κ2) is 13.2. The van der Waals surface area contributed by atoms with Gasteiger partial charge in [0.1, 0.15) is 30.2 Å². The van der Waals surface area contributed by atoms with Crippen molar-refractivity contribution in [1.29, 1.82) is 0 Å². The van der Waals surface area contributed by atoms with E-state index in [4.69, 9.17) is 28.8 Å². The molecule has 0 saturated carbocycles. The topological polar surface area (TPSA) is 123 Å². The average Bonchev–Trinajstić information content (AvgIpc) is 3.27. The van der Waals surface area contributed by atoms with Crippen LogP contribution in [0.2, 0.25) is 0 Å². The fraction of sp³-hybridized carbons (Fsp3) is 0.640. The maximum Gasteiger partial charge on any atom is 0.248 e. The van der Waals surface area contributed by atoms with Crippen LogP contribution in [0.4, 0.5) is 0 Å². The molecule has 1 aromatic carbocycles. The van der Waals surface area contributed by atoms with E-state index in [0.29, 0.717) is 12.4 Å². The molecule has 0 bridgehead atoms. The maximum atomic E-state index is 11.3. The molecule has 4 rings (SSSR count). The predicted octanol–water partition coefficient (Wildman–Crippen LogP) is 1.82. The third kappa shape index (κ3) is 7.39. The highest BCUT2D eigenvalue weighted by molar-refractivity contribution is 5.86. The number of H-pyrrole nitrogens is 1. The van der Waals surface area contributed by atoms with E-state index in [-0.39, 0.29) is 30.7 Å². The number of benzene rings is 1. The number of nitrogens with one attached hydrogen (secondary N) is 1. The SMILES string of the molecule is CN(C)CCCOC1C(C(O)CO)OC2OC(C)(C)OC21.COc1cccc2c(C)cc(=O)[nH]c12.Cl. The monoisotopic (exact) mass is 530 g/mol. The number of aliphatic hydroxyl groups is 2. The lowest BCUT2D eigenvalue weighted by atomic mass is 10.1. The van der Waals surface area contributed by atoms with Gasteiger partial charge in [0.25, 0.3) is 0 Å². The van der Waals surface area contributed by atoms with Crippen LogP contribution < -0.4 is 10.3 Å². The van der Waals surface area contributed by atoms with E-state index in [1.165, 1.54) is 0 Å². The fourth-order valence-corrected chi connectivity index (χ4v) is 4.30. The Kier molecular flexibility index (Phi) is 11.1. The van der Waals surface area contributed by atoms with Gasteiger partial charge < -0.3 is 43.8 Å². The second-order valence-electron chi connectivity index (χ2n) is 9.51. The molecular formula is C25H39ClN2O8. The Bertz CT molecular complexity index is 1030. The third-order valence-electron chi connectivity index (χ3n) is 5.92. The molecule has 0 aliphatic carbocycles. The number of aliphatic hydroxyl groups excluding tert-OH is 2. The molecule has 2 fully saturated rings. The minimum absolute atomic E-state index is 0. The summed E-state index contributed by atoms with van der Waals surface area (Å²) in [4.78, 5) is 16.1. The van der Waals surface area contributed by atoms with Gasteiger partial charge in [0, 0.05) is 18.1 Å². The average molecular weight is 531 g/mol. The van der Waals surface area contributed by atoms with E-state index in [0.717, 1.165) is 29.4 Å². The largest absolute Gasteiger partial charge is 0.495 e. The van der Waals surface area contributed by atoms with Gasteiger partial charge in [0.15, 0.2) is 12.1 Å². The van der Waals surface area contributed by atoms with E-state index in [9.17, 15) is 9.90 Å². The molecule has 5 atom stereocenters. The number of pyridine rings is 1. The summed E-state index contributed by atoms with van der Waals surface area (Å²) in [6, 6.07) is 7.29. The first-order valence-corrected chi connectivity index (χ1v) is 11.8. The number of aromatic amines is 1. The summed E-state index contributed by atoms with van der Waals surface area (Å²) in [6.07, 6.45) is -2.17. The predicted molar refractivity (Wildman–Crippen MR) is 138 cm³/mol. The maximum absolute atomic E-state index is 11.3. The number of para-hydroxylation sites is 1. The van der Waals surface area contributed by atoms with Gasteiger partial charge >= 0.3 is 0 Å². The zero-order chi connectivity index (χ0) is 25.8. The number of hydrogen-bond donors (Lipinski definition) is 3. The van der Waals surface area contributed by atoms with Gasteiger partial charge in [-0.3, -0.25) is 4.79 Å². The molecule has 3 N–H and O–H groups in total. The van der Waals surface area contributed by atoms with Crippen molar-refractivity contribution >= 4 is 23.3 Å². The fourth-order valence-electron chi connectivity index (χ4n) is 4.30. The molecule has 2 saturated heterocycles. The molecule has 0 amide bonds. The van der Waals surface area contributed by atoms with Crippen LogP contribution >= 0.6 is 12.4 Å². The highest BCUT2D eigenvalue weighted by Crippen LogP contribution is 2.39. The zero-order valence-electron chi connectivity index (χ0n) is 21.7. The summed E-state index contributed by atoms with van der Waals surface area (Å²) in [5, 5.41) is 20.1. The first kappa shape index (κ1) is 30.5. The number of methoxy groups -OCH3 is 1. The summed E-state index contributed by atoms with van der Waals surface area (Å²) >= 11 is 0. The Morgan fingerprint density at radius 3 is 2.61 bits per heavy atom. The lowest BCUT2D eigenvalue weighted by Gasteiger charge is -2.28. The van der Waals surface area contributed by atoms with Gasteiger partial charge in [0.05, 0.1) is 19.2 Å². The molecule has 11 heteroatoms. The van der Waals surface area contributed by atoms with E-state index in [2.05, 4.69) is 9.88 Å². The van der Waals surface area contributed by atoms with E-state index in [1.54, 1.807) is 13.2 Å². The van der Waals surface area contributed by atoms with Crippen molar-refractivity contribution in [3.63, 3.8) is 0 Å². The van der Waals surface area contributed by atoms with E-state index in [1.807, 2.05) is 53.1 Å². The Balaban J connectivity index is 0.000000265. The van der Waals surface area contributed by atoms with Crippen molar-refractivity contribution < 1.29 is 33.9 Å². The highest BCUT2D eigenvalue weighted by atomic mass is 35.5. The van der Waals surface area contributed by atoms with Gasteiger partial charge in [-0.2, -0.15) is 0 Å². The first-order valence-electron chi connectivity index (χ1n) is 11.8. The number of halogens is 1. The van der Waals surface area contributed by atoms with Crippen molar-refractivity contribution in [1.82, 2.24) is 9.88 Å². The van der Waals surface area contributed by atoms with Crippen LogP contribution in [-0.4, -0.2) is 97.6 Å². The van der Waals surface area contributed by atoms with Crippen LogP contribution in [-0.2, 0) is 18.9 Å². The smallest absolute Gasteiger partial charge is 0.248 e. The standard InChI is InChI=1S/C14H27NO6.C11H11NO2.ClH/c1-14(2)20-12-11(18-7-5-6-15(3)4)10(9(17)8-16)19-13(12)21-14;1-7-6-10(13)12-11-8(7)4-3-5-9(11)14-2;/h9-13,16-17H,5-8H2,1-4H3;3-6H,1-2H3,(H,12,13);1H. The van der Waals surface area contributed by atoms with Crippen LogP contribution in [0.5, 0.6) is 5.75 Å². The highest BCUT2D eigenvalue weighted by Gasteiger charge is 2.56. The Labute approximate surface area is 217 Å². The van der Waals surface area contributed by atoms with E-state index >= 15 is 0 Å². The molecular weight excluding hydrogens is 492 g/mol. The summed E-state index contributed by atoms with van der Waals surface area (Å²) in [7, 11) is 5.60. The number of fused-ring (bicyclic) bond motifs is 2. The molecule has 36 heavy (non-hydrogen) atoms. The Hall–Kier alpha value is -1.76. The van der Waals surface area contributed by atoms with Crippen molar-refractivity contribution in [2.75, 3.05) is 41.0 Å². The van der Waals surface area contributed by atoms with Crippen molar-refractivity contribution in [3.8, 4) is 5.75 Å². The van der Waals surface area contributed by atoms with Crippen LogP contribution in [0.1, 0.15) is 25.8 Å². The molecule has 1 aromatic heterocycles. The molecule has 204 valence electrons.